The van der Waals surface area contributed by atoms with Gasteiger partial charge in [0.2, 0.25) is 5.89 Å². The number of aromatic nitrogens is 1. The highest BCUT2D eigenvalue weighted by atomic mass is 19.1. The molecule has 1 N–H and O–H groups in total. The molecule has 168 valence electrons. The SMILES string of the molecule is COc1ccc(-c2nc(C(=O)F)c(C(C)NC(=O)OC(C)(C)C)o2)cc1OCC1CC1. The van der Waals surface area contributed by atoms with Crippen LogP contribution in [0, 0.1) is 5.92 Å². The van der Waals surface area contributed by atoms with Gasteiger partial charge >= 0.3 is 12.1 Å². The number of hydrogen-bond acceptors (Lipinski definition) is 7. The first-order valence-electron chi connectivity index (χ1n) is 10.1. The van der Waals surface area contributed by atoms with Gasteiger partial charge < -0.3 is 23.9 Å². The fourth-order valence-corrected chi connectivity index (χ4v) is 2.85. The number of nitrogens with zero attached hydrogens (tertiary/aromatic N) is 1. The van der Waals surface area contributed by atoms with Crippen LogP contribution in [0.25, 0.3) is 11.5 Å². The molecule has 1 aromatic heterocycles. The fourth-order valence-electron chi connectivity index (χ4n) is 2.85. The van der Waals surface area contributed by atoms with E-state index in [4.69, 9.17) is 18.6 Å². The molecule has 1 amide bonds. The lowest BCUT2D eigenvalue weighted by Crippen LogP contribution is -2.34. The fraction of sp³-hybridized carbons (Fsp3) is 0.500. The van der Waals surface area contributed by atoms with Crippen LogP contribution in [0.5, 0.6) is 11.5 Å². The van der Waals surface area contributed by atoms with Gasteiger partial charge in [-0.2, -0.15) is 4.39 Å². The summed E-state index contributed by atoms with van der Waals surface area (Å²) in [6.45, 7) is 7.26. The Balaban J connectivity index is 1.86. The molecule has 3 rings (SSSR count). The predicted octanol–water partition coefficient (Wildman–Crippen LogP) is 4.83. The van der Waals surface area contributed by atoms with Gasteiger partial charge in [-0.15, -0.1) is 0 Å². The monoisotopic (exact) mass is 434 g/mol. The third kappa shape index (κ3) is 5.96. The van der Waals surface area contributed by atoms with Crippen LogP contribution in [0.3, 0.4) is 0 Å². The van der Waals surface area contributed by atoms with Crippen molar-refractivity contribution in [2.24, 2.45) is 5.92 Å². The molecule has 0 spiro atoms. The Kier molecular flexibility index (Phi) is 6.52. The lowest BCUT2D eigenvalue weighted by molar-refractivity contribution is 0.0500. The molecule has 31 heavy (non-hydrogen) atoms. The Bertz CT molecular complexity index is 961. The maximum atomic E-state index is 13.7. The Morgan fingerprint density at radius 1 is 1.29 bits per heavy atom. The summed E-state index contributed by atoms with van der Waals surface area (Å²) in [4.78, 5) is 27.6. The number of methoxy groups -OCH3 is 1. The highest BCUT2D eigenvalue weighted by molar-refractivity contribution is 5.88. The molecule has 1 aliphatic carbocycles. The Labute approximate surface area is 180 Å². The summed E-state index contributed by atoms with van der Waals surface area (Å²) in [5, 5.41) is 2.52. The summed E-state index contributed by atoms with van der Waals surface area (Å²) >= 11 is 0. The van der Waals surface area contributed by atoms with Crippen molar-refractivity contribution in [3.63, 3.8) is 0 Å². The lowest BCUT2D eigenvalue weighted by Gasteiger charge is -2.21. The van der Waals surface area contributed by atoms with E-state index >= 15 is 0 Å². The van der Waals surface area contributed by atoms with Gasteiger partial charge in [-0.05, 0) is 64.7 Å². The topological polar surface area (TPSA) is 99.9 Å². The van der Waals surface area contributed by atoms with Crippen molar-refractivity contribution < 1.29 is 32.6 Å². The van der Waals surface area contributed by atoms with E-state index < -0.39 is 29.5 Å². The molecule has 1 saturated carbocycles. The van der Waals surface area contributed by atoms with Gasteiger partial charge in [-0.25, -0.2) is 9.78 Å². The Morgan fingerprint density at radius 2 is 2.00 bits per heavy atom. The number of oxazole rings is 1. The normalized spacial score (nSPS) is 14.6. The van der Waals surface area contributed by atoms with Crippen LogP contribution < -0.4 is 14.8 Å². The summed E-state index contributed by atoms with van der Waals surface area (Å²) in [7, 11) is 1.53. The third-order valence-electron chi connectivity index (χ3n) is 4.55. The molecule has 9 heteroatoms. The molecule has 1 unspecified atom stereocenters. The minimum absolute atomic E-state index is 0.0211. The maximum absolute atomic E-state index is 13.7. The highest BCUT2D eigenvalue weighted by Gasteiger charge is 2.28. The zero-order valence-electron chi connectivity index (χ0n) is 18.3. The van der Waals surface area contributed by atoms with E-state index in [0.29, 0.717) is 29.6 Å². The molecular formula is C22H27FN2O6. The average molecular weight is 434 g/mol. The molecule has 1 aliphatic rings. The van der Waals surface area contributed by atoms with Gasteiger partial charge in [0.15, 0.2) is 23.0 Å². The van der Waals surface area contributed by atoms with E-state index in [9.17, 15) is 14.0 Å². The van der Waals surface area contributed by atoms with Gasteiger partial charge in [0, 0.05) is 5.56 Å². The summed E-state index contributed by atoms with van der Waals surface area (Å²) in [5.74, 6) is 1.49. The standard InChI is InChI=1S/C22H27FN2O6/c1-12(24-21(27)31-22(2,3)4)18-17(19(23)26)25-20(30-18)14-8-9-15(28-5)16(10-14)29-11-13-6-7-13/h8-10,12-13H,6-7,11H2,1-5H3,(H,24,27). The minimum Gasteiger partial charge on any atom is -0.493 e. The third-order valence-corrected chi connectivity index (χ3v) is 4.55. The van der Waals surface area contributed by atoms with Crippen molar-refractivity contribution >= 4 is 12.1 Å². The molecule has 1 aromatic carbocycles. The van der Waals surface area contributed by atoms with Crippen molar-refractivity contribution in [1.29, 1.82) is 0 Å². The number of amides is 1. The summed E-state index contributed by atoms with van der Waals surface area (Å²) in [6.07, 6.45) is 1.54. The van der Waals surface area contributed by atoms with Gasteiger partial charge in [0.25, 0.3) is 0 Å². The number of benzene rings is 1. The first kappa shape index (κ1) is 22.6. The van der Waals surface area contributed by atoms with Crippen molar-refractivity contribution in [3.05, 3.63) is 29.7 Å². The minimum atomic E-state index is -1.76. The zero-order valence-corrected chi connectivity index (χ0v) is 18.3. The van der Waals surface area contributed by atoms with Gasteiger partial charge in [0.1, 0.15) is 5.60 Å². The summed E-state index contributed by atoms with van der Waals surface area (Å²) < 4.78 is 35.7. The quantitative estimate of drug-likeness (QED) is 0.594. The first-order chi connectivity index (χ1) is 14.6. The molecule has 0 bridgehead atoms. The molecule has 0 saturated heterocycles. The van der Waals surface area contributed by atoms with E-state index in [1.807, 2.05) is 0 Å². The lowest BCUT2D eigenvalue weighted by atomic mass is 10.2. The average Bonchev–Trinajstić information content (AvgIpc) is 3.39. The summed E-state index contributed by atoms with van der Waals surface area (Å²) in [6, 6.07) is 2.39. The van der Waals surface area contributed by atoms with E-state index in [-0.39, 0.29) is 11.7 Å². The molecule has 0 radical (unpaired) electrons. The number of ether oxygens (including phenoxy) is 3. The molecule has 1 fully saturated rings. The molecular weight excluding hydrogens is 407 g/mol. The first-order valence-corrected chi connectivity index (χ1v) is 10.1. The van der Waals surface area contributed by atoms with Crippen LogP contribution in [0.4, 0.5) is 9.18 Å². The Hall–Kier alpha value is -3.10. The molecule has 2 aromatic rings. The van der Waals surface area contributed by atoms with Crippen LogP contribution in [0.1, 0.15) is 62.8 Å². The van der Waals surface area contributed by atoms with Crippen LogP contribution >= 0.6 is 0 Å². The summed E-state index contributed by atoms with van der Waals surface area (Å²) in [5.41, 5.74) is -0.741. The van der Waals surface area contributed by atoms with Gasteiger partial charge in [0.05, 0.1) is 19.8 Å². The largest absolute Gasteiger partial charge is 0.493 e. The van der Waals surface area contributed by atoms with Gasteiger partial charge in [-0.1, -0.05) is 0 Å². The van der Waals surface area contributed by atoms with E-state index in [0.717, 1.165) is 12.8 Å². The van der Waals surface area contributed by atoms with Crippen LogP contribution in [-0.2, 0) is 4.74 Å². The molecule has 1 heterocycles. The maximum Gasteiger partial charge on any atom is 0.408 e. The number of hydrogen-bond donors (Lipinski definition) is 1. The van der Waals surface area contributed by atoms with Crippen molar-refractivity contribution in [2.75, 3.05) is 13.7 Å². The van der Waals surface area contributed by atoms with E-state index in [2.05, 4.69) is 10.3 Å². The van der Waals surface area contributed by atoms with Crippen molar-refractivity contribution in [2.45, 2.75) is 52.2 Å². The number of alkyl carbamates (subject to hydrolysis) is 1. The molecule has 0 aliphatic heterocycles. The second kappa shape index (κ2) is 8.95. The van der Waals surface area contributed by atoms with E-state index in [1.54, 1.807) is 45.9 Å². The van der Waals surface area contributed by atoms with Crippen LogP contribution in [0.15, 0.2) is 22.6 Å². The number of rotatable bonds is 8. The van der Waals surface area contributed by atoms with Crippen molar-refractivity contribution in [1.82, 2.24) is 10.3 Å². The second-order valence-electron chi connectivity index (χ2n) is 8.49. The van der Waals surface area contributed by atoms with Crippen LogP contribution in [0.2, 0.25) is 0 Å². The smallest absolute Gasteiger partial charge is 0.408 e. The zero-order chi connectivity index (χ0) is 22.8. The van der Waals surface area contributed by atoms with Crippen molar-refractivity contribution in [3.8, 4) is 23.0 Å². The molecule has 1 atom stereocenters. The molecule has 8 nitrogen and oxygen atoms in total. The van der Waals surface area contributed by atoms with Crippen LogP contribution in [-0.4, -0.2) is 36.4 Å². The van der Waals surface area contributed by atoms with Gasteiger partial charge in [-0.3, -0.25) is 4.79 Å². The number of halogens is 1. The number of carbonyl (C=O) groups is 2. The number of carbonyl (C=O) groups excluding carboxylic acids is 2. The second-order valence-corrected chi connectivity index (χ2v) is 8.49. The Morgan fingerprint density at radius 3 is 2.58 bits per heavy atom. The number of nitrogens with one attached hydrogen (secondary N) is 1. The van der Waals surface area contributed by atoms with E-state index in [1.165, 1.54) is 7.11 Å². The predicted molar refractivity (Wildman–Crippen MR) is 110 cm³/mol. The highest BCUT2D eigenvalue weighted by Crippen LogP contribution is 2.36.